The van der Waals surface area contributed by atoms with E-state index in [-0.39, 0.29) is 12.6 Å². The van der Waals surface area contributed by atoms with E-state index in [1.165, 1.54) is 69.8 Å². The molecule has 3 heteroatoms. The predicted octanol–water partition coefficient (Wildman–Crippen LogP) is 6.59. The van der Waals surface area contributed by atoms with Gasteiger partial charge in [-0.1, -0.05) is 102 Å². The van der Waals surface area contributed by atoms with Crippen molar-refractivity contribution < 1.29 is 14.4 Å². The number of benzene rings is 1. The van der Waals surface area contributed by atoms with E-state index in [4.69, 9.17) is 0 Å². The van der Waals surface area contributed by atoms with Gasteiger partial charge < -0.3 is 14.4 Å². The Morgan fingerprint density at radius 2 is 1.29 bits per heavy atom. The smallest absolute Gasteiger partial charge is 0.136 e. The number of nitrogens with zero attached hydrogens (tertiary/aromatic N) is 1. The van der Waals surface area contributed by atoms with E-state index in [9.17, 15) is 9.90 Å². The van der Waals surface area contributed by atoms with Crippen LogP contribution in [-0.2, 0) is 4.79 Å². The molecule has 0 fully saturated rings. The van der Waals surface area contributed by atoms with Gasteiger partial charge in [0.1, 0.15) is 12.6 Å². The summed E-state index contributed by atoms with van der Waals surface area (Å²) in [5.74, 6) is -0.945. The fraction of sp³-hybridized carbons (Fsp3) is 0.679. The van der Waals surface area contributed by atoms with Gasteiger partial charge in [0.05, 0.1) is 19.1 Å². The first-order chi connectivity index (χ1) is 15.0. The van der Waals surface area contributed by atoms with Crippen molar-refractivity contribution in [1.82, 2.24) is 0 Å². The van der Waals surface area contributed by atoms with Crippen LogP contribution in [0.25, 0.3) is 0 Å². The first-order valence-electron chi connectivity index (χ1n) is 12.7. The Morgan fingerprint density at radius 3 is 1.71 bits per heavy atom. The molecule has 0 radical (unpaired) electrons. The molecule has 1 aromatic carbocycles. The van der Waals surface area contributed by atoms with Crippen molar-refractivity contribution in [2.45, 2.75) is 104 Å². The van der Waals surface area contributed by atoms with Crippen molar-refractivity contribution in [2.24, 2.45) is 0 Å². The van der Waals surface area contributed by atoms with Crippen LogP contribution in [0.1, 0.15) is 109 Å². The molecule has 0 N–H and O–H groups in total. The monoisotopic (exact) mass is 429 g/mol. The minimum atomic E-state index is -0.945. The molecular formula is C28H47NO2. The fourth-order valence-electron chi connectivity index (χ4n) is 4.99. The quantitative estimate of drug-likeness (QED) is 0.141. The zero-order valence-electron chi connectivity index (χ0n) is 20.5. The number of hydrogen-bond donors (Lipinski definition) is 0. The molecule has 0 saturated heterocycles. The highest BCUT2D eigenvalue weighted by Crippen LogP contribution is 2.36. The maximum Gasteiger partial charge on any atom is 0.136 e. The minimum absolute atomic E-state index is 0.00498. The van der Waals surface area contributed by atoms with Crippen molar-refractivity contribution in [3.05, 3.63) is 48.0 Å². The molecule has 3 nitrogen and oxygen atoms in total. The van der Waals surface area contributed by atoms with E-state index in [2.05, 4.69) is 51.6 Å². The molecule has 0 saturated carbocycles. The lowest BCUT2D eigenvalue weighted by atomic mass is 9.94. The third-order valence-electron chi connectivity index (χ3n) is 6.49. The third-order valence-corrected chi connectivity index (χ3v) is 6.49. The molecule has 1 rings (SSSR count). The number of carboxylic acid groups (broad SMARTS) is 1. The maximum absolute atomic E-state index is 12.0. The topological polar surface area (TPSA) is 40.1 Å². The van der Waals surface area contributed by atoms with E-state index >= 15 is 0 Å². The van der Waals surface area contributed by atoms with E-state index in [1.54, 1.807) is 0 Å². The van der Waals surface area contributed by atoms with Crippen LogP contribution in [0.5, 0.6) is 0 Å². The van der Waals surface area contributed by atoms with Crippen LogP contribution in [0.4, 0.5) is 0 Å². The summed E-state index contributed by atoms with van der Waals surface area (Å²) in [7, 11) is 0. The minimum Gasteiger partial charge on any atom is -0.544 e. The molecule has 0 aliphatic carbocycles. The molecule has 31 heavy (non-hydrogen) atoms. The second kappa shape index (κ2) is 16.1. The van der Waals surface area contributed by atoms with Gasteiger partial charge in [-0.15, -0.1) is 0 Å². The maximum atomic E-state index is 12.0. The molecule has 0 bridgehead atoms. The first-order valence-corrected chi connectivity index (χ1v) is 12.7. The lowest BCUT2D eigenvalue weighted by Crippen LogP contribution is -2.57. The number of quaternary nitrogens is 1. The largest absolute Gasteiger partial charge is 0.544 e. The van der Waals surface area contributed by atoms with Gasteiger partial charge >= 0.3 is 0 Å². The van der Waals surface area contributed by atoms with Gasteiger partial charge in [0.15, 0.2) is 0 Å². The van der Waals surface area contributed by atoms with E-state index < -0.39 is 5.97 Å². The Labute approximate surface area is 192 Å². The number of carbonyl (C=O) groups excluding carboxylic acids is 1. The molecule has 0 aromatic heterocycles. The van der Waals surface area contributed by atoms with Gasteiger partial charge in [0.2, 0.25) is 0 Å². The predicted molar refractivity (Wildman–Crippen MR) is 131 cm³/mol. The number of carboxylic acids is 1. The fourth-order valence-corrected chi connectivity index (χ4v) is 4.99. The standard InChI is InChI=1S/C28H47NO2/c1-5-7-9-11-13-18-22-29(24-27(30)31,23-19-14-12-10-8-6-2)28(25(3)4)26-20-16-15-17-21-26/h15-17,20-21,28H,3,5-14,18-19,22-24H2,1-2,4H3. The van der Waals surface area contributed by atoms with Crippen molar-refractivity contribution >= 4 is 5.97 Å². The van der Waals surface area contributed by atoms with E-state index in [1.807, 2.05) is 6.07 Å². The molecule has 1 aromatic rings. The Morgan fingerprint density at radius 1 is 0.839 bits per heavy atom. The summed E-state index contributed by atoms with van der Waals surface area (Å²) >= 11 is 0. The summed E-state index contributed by atoms with van der Waals surface area (Å²) in [6.07, 6.45) is 14.5. The number of unbranched alkanes of at least 4 members (excludes halogenated alkanes) is 10. The third kappa shape index (κ3) is 10.5. The average molecular weight is 430 g/mol. The summed E-state index contributed by atoms with van der Waals surface area (Å²) in [5, 5.41) is 12.0. The summed E-state index contributed by atoms with van der Waals surface area (Å²) in [6.45, 7) is 12.7. The van der Waals surface area contributed by atoms with Crippen molar-refractivity contribution in [3.63, 3.8) is 0 Å². The van der Waals surface area contributed by atoms with E-state index in [0.717, 1.165) is 31.5 Å². The summed E-state index contributed by atoms with van der Waals surface area (Å²) < 4.78 is 0.545. The van der Waals surface area contributed by atoms with Gasteiger partial charge in [-0.2, -0.15) is 0 Å². The van der Waals surface area contributed by atoms with Crippen LogP contribution in [0.15, 0.2) is 42.5 Å². The van der Waals surface area contributed by atoms with Crippen molar-refractivity contribution in [3.8, 4) is 0 Å². The molecule has 0 aliphatic rings. The number of rotatable bonds is 19. The van der Waals surface area contributed by atoms with Crippen molar-refractivity contribution in [1.29, 1.82) is 0 Å². The van der Waals surface area contributed by atoms with Crippen LogP contribution >= 0.6 is 0 Å². The average Bonchev–Trinajstić information content (AvgIpc) is 2.73. The van der Waals surface area contributed by atoms with Crippen LogP contribution in [0.2, 0.25) is 0 Å². The van der Waals surface area contributed by atoms with Crippen LogP contribution in [0, 0.1) is 0 Å². The highest BCUT2D eigenvalue weighted by Gasteiger charge is 2.38. The highest BCUT2D eigenvalue weighted by atomic mass is 16.4. The zero-order valence-corrected chi connectivity index (χ0v) is 20.5. The second-order valence-electron chi connectivity index (χ2n) is 9.39. The van der Waals surface area contributed by atoms with Gasteiger partial charge in [0.25, 0.3) is 0 Å². The number of aliphatic carboxylic acids is 1. The Hall–Kier alpha value is -1.61. The molecule has 1 unspecified atom stereocenters. The lowest BCUT2D eigenvalue weighted by Gasteiger charge is -2.46. The molecule has 0 aliphatic heterocycles. The normalized spacial score (nSPS) is 12.6. The van der Waals surface area contributed by atoms with Gasteiger partial charge in [-0.25, -0.2) is 0 Å². The molecule has 176 valence electrons. The number of carbonyl (C=O) groups is 1. The van der Waals surface area contributed by atoms with Gasteiger partial charge in [-0.05, 0) is 38.2 Å². The molecule has 0 spiro atoms. The van der Waals surface area contributed by atoms with Crippen LogP contribution in [0.3, 0.4) is 0 Å². The first kappa shape index (κ1) is 27.4. The Kier molecular flexibility index (Phi) is 14.2. The van der Waals surface area contributed by atoms with Gasteiger partial charge in [-0.3, -0.25) is 0 Å². The highest BCUT2D eigenvalue weighted by molar-refractivity contribution is 5.65. The summed E-state index contributed by atoms with van der Waals surface area (Å²) in [4.78, 5) is 12.0. The van der Waals surface area contributed by atoms with Crippen LogP contribution < -0.4 is 5.11 Å². The summed E-state index contributed by atoms with van der Waals surface area (Å²) in [5.41, 5.74) is 2.22. The lowest BCUT2D eigenvalue weighted by molar-refractivity contribution is -0.947. The SMILES string of the molecule is C=C(C)C(c1ccccc1)[N+](CCCCCCCC)(CCCCCCCC)CC(=O)[O-]. The Bertz CT molecular complexity index is 595. The summed E-state index contributed by atoms with van der Waals surface area (Å²) in [6, 6.07) is 10.4. The van der Waals surface area contributed by atoms with Crippen molar-refractivity contribution in [2.75, 3.05) is 19.6 Å². The zero-order chi connectivity index (χ0) is 23.0. The molecule has 0 amide bonds. The van der Waals surface area contributed by atoms with Crippen LogP contribution in [-0.4, -0.2) is 30.1 Å². The second-order valence-corrected chi connectivity index (χ2v) is 9.39. The molecular weight excluding hydrogens is 382 g/mol. The van der Waals surface area contributed by atoms with Gasteiger partial charge in [0, 0.05) is 5.56 Å². The molecule has 1 atom stereocenters. The molecule has 0 heterocycles. The Balaban J connectivity index is 3.04. The van der Waals surface area contributed by atoms with E-state index in [0.29, 0.717) is 4.48 Å². The number of hydrogen-bond acceptors (Lipinski definition) is 2.